The van der Waals surface area contributed by atoms with E-state index in [2.05, 4.69) is 27.7 Å². The molecule has 0 aromatic heterocycles. The van der Waals surface area contributed by atoms with Crippen molar-refractivity contribution in [3.63, 3.8) is 0 Å². The van der Waals surface area contributed by atoms with E-state index in [1.165, 1.54) is 0 Å². The standard InChI is InChI=1S/C15H21BO4/c1-14(2)15(3,4)20-16(19-14)11-5-7-12(8-6-11)18-13-9-17-10-13/h5-8,13H,9-10H2,1-4H3. The van der Waals surface area contributed by atoms with Crippen molar-refractivity contribution in [1.82, 2.24) is 0 Å². The number of hydrogen-bond acceptors (Lipinski definition) is 4. The Hall–Kier alpha value is -1.04. The second-order valence-corrected chi connectivity index (χ2v) is 6.43. The first-order valence-corrected chi connectivity index (χ1v) is 7.07. The van der Waals surface area contributed by atoms with Gasteiger partial charge in [-0.25, -0.2) is 0 Å². The van der Waals surface area contributed by atoms with E-state index in [9.17, 15) is 0 Å². The maximum absolute atomic E-state index is 6.02. The normalized spacial score (nSPS) is 24.5. The molecule has 0 N–H and O–H groups in total. The predicted octanol–water partition coefficient (Wildman–Crippen LogP) is 1.76. The summed E-state index contributed by atoms with van der Waals surface area (Å²) in [5.74, 6) is 0.860. The van der Waals surface area contributed by atoms with Crippen LogP contribution in [0.25, 0.3) is 0 Å². The van der Waals surface area contributed by atoms with Gasteiger partial charge in [0.25, 0.3) is 0 Å². The highest BCUT2D eigenvalue weighted by Crippen LogP contribution is 2.36. The molecule has 0 spiro atoms. The van der Waals surface area contributed by atoms with Crippen molar-refractivity contribution in [3.05, 3.63) is 24.3 Å². The molecule has 5 heteroatoms. The van der Waals surface area contributed by atoms with Gasteiger partial charge in [0.05, 0.1) is 24.4 Å². The lowest BCUT2D eigenvalue weighted by molar-refractivity contribution is -0.0796. The number of benzene rings is 1. The van der Waals surface area contributed by atoms with Gasteiger partial charge in [0.1, 0.15) is 11.9 Å². The van der Waals surface area contributed by atoms with Crippen LogP contribution in [0.15, 0.2) is 24.3 Å². The Balaban J connectivity index is 1.69. The van der Waals surface area contributed by atoms with Gasteiger partial charge in [0.2, 0.25) is 0 Å². The van der Waals surface area contributed by atoms with Crippen molar-refractivity contribution in [2.75, 3.05) is 13.2 Å². The second-order valence-electron chi connectivity index (χ2n) is 6.43. The molecule has 0 atom stereocenters. The van der Waals surface area contributed by atoms with Crippen LogP contribution in [0, 0.1) is 0 Å². The fraction of sp³-hybridized carbons (Fsp3) is 0.600. The molecule has 20 heavy (non-hydrogen) atoms. The maximum Gasteiger partial charge on any atom is 0.494 e. The number of ether oxygens (including phenoxy) is 2. The van der Waals surface area contributed by atoms with E-state index in [1.54, 1.807) is 0 Å². The summed E-state index contributed by atoms with van der Waals surface area (Å²) in [6.07, 6.45) is 0.192. The van der Waals surface area contributed by atoms with Crippen LogP contribution in [0.1, 0.15) is 27.7 Å². The van der Waals surface area contributed by atoms with E-state index in [4.69, 9.17) is 18.8 Å². The van der Waals surface area contributed by atoms with Gasteiger partial charge in [-0.3, -0.25) is 0 Å². The smallest absolute Gasteiger partial charge is 0.486 e. The third-order valence-electron chi connectivity index (χ3n) is 4.32. The molecule has 2 aliphatic heterocycles. The molecule has 0 unspecified atom stereocenters. The minimum Gasteiger partial charge on any atom is -0.486 e. The highest BCUT2D eigenvalue weighted by molar-refractivity contribution is 6.62. The van der Waals surface area contributed by atoms with Crippen molar-refractivity contribution < 1.29 is 18.8 Å². The molecule has 4 nitrogen and oxygen atoms in total. The molecule has 0 bridgehead atoms. The Morgan fingerprint density at radius 1 is 1.00 bits per heavy atom. The number of hydrogen-bond donors (Lipinski definition) is 0. The zero-order chi connectivity index (χ0) is 14.4. The summed E-state index contributed by atoms with van der Waals surface area (Å²) in [7, 11) is -0.318. The molecular weight excluding hydrogens is 255 g/mol. The van der Waals surface area contributed by atoms with Crippen LogP contribution in [0.5, 0.6) is 5.75 Å². The van der Waals surface area contributed by atoms with Gasteiger partial charge in [-0.2, -0.15) is 0 Å². The molecule has 0 radical (unpaired) electrons. The molecule has 3 rings (SSSR count). The SMILES string of the molecule is CC1(C)OB(c2ccc(OC3COC3)cc2)OC1(C)C. The van der Waals surface area contributed by atoms with Crippen LogP contribution in [0.3, 0.4) is 0 Å². The van der Waals surface area contributed by atoms with Crippen molar-refractivity contribution in [2.45, 2.75) is 45.0 Å². The van der Waals surface area contributed by atoms with E-state index >= 15 is 0 Å². The van der Waals surface area contributed by atoms with E-state index < -0.39 is 0 Å². The summed E-state index contributed by atoms with van der Waals surface area (Å²) < 4.78 is 22.9. The van der Waals surface area contributed by atoms with Crippen LogP contribution >= 0.6 is 0 Å². The molecule has 0 aliphatic carbocycles. The molecule has 108 valence electrons. The summed E-state index contributed by atoms with van der Waals surface area (Å²) in [6, 6.07) is 7.91. The second kappa shape index (κ2) is 4.76. The average molecular weight is 276 g/mol. The average Bonchev–Trinajstić information content (AvgIpc) is 2.54. The Bertz CT molecular complexity index is 463. The largest absolute Gasteiger partial charge is 0.494 e. The highest BCUT2D eigenvalue weighted by atomic mass is 16.7. The summed E-state index contributed by atoms with van der Waals surface area (Å²) in [4.78, 5) is 0. The van der Waals surface area contributed by atoms with Crippen LogP contribution < -0.4 is 10.2 Å². The lowest BCUT2D eigenvalue weighted by Gasteiger charge is -2.32. The van der Waals surface area contributed by atoms with Gasteiger partial charge >= 0.3 is 7.12 Å². The lowest BCUT2D eigenvalue weighted by Crippen LogP contribution is -2.41. The molecule has 2 heterocycles. The Morgan fingerprint density at radius 3 is 2.00 bits per heavy atom. The minimum absolute atomic E-state index is 0.192. The molecule has 1 aromatic carbocycles. The van der Waals surface area contributed by atoms with Gasteiger partial charge in [-0.05, 0) is 45.3 Å². The van der Waals surface area contributed by atoms with Crippen LogP contribution in [0.4, 0.5) is 0 Å². The van der Waals surface area contributed by atoms with E-state index in [-0.39, 0.29) is 24.4 Å². The van der Waals surface area contributed by atoms with Gasteiger partial charge in [0.15, 0.2) is 0 Å². The van der Waals surface area contributed by atoms with Crippen molar-refractivity contribution in [2.24, 2.45) is 0 Å². The maximum atomic E-state index is 6.02. The molecule has 2 fully saturated rings. The highest BCUT2D eigenvalue weighted by Gasteiger charge is 2.51. The molecule has 1 aromatic rings. The summed E-state index contributed by atoms with van der Waals surface area (Å²) in [5, 5.41) is 0. The number of rotatable bonds is 3. The topological polar surface area (TPSA) is 36.9 Å². The van der Waals surface area contributed by atoms with Gasteiger partial charge in [-0.1, -0.05) is 12.1 Å². The Morgan fingerprint density at radius 2 is 1.55 bits per heavy atom. The molecule has 0 amide bonds. The lowest BCUT2D eigenvalue weighted by atomic mass is 9.79. The van der Waals surface area contributed by atoms with Crippen LogP contribution in [-0.2, 0) is 14.0 Å². The van der Waals surface area contributed by atoms with E-state index in [0.717, 1.165) is 11.2 Å². The first kappa shape index (κ1) is 13.9. The molecule has 2 aliphatic rings. The van der Waals surface area contributed by atoms with Gasteiger partial charge in [0, 0.05) is 0 Å². The Kier molecular flexibility index (Phi) is 3.31. The van der Waals surface area contributed by atoms with Crippen LogP contribution in [0.2, 0.25) is 0 Å². The van der Waals surface area contributed by atoms with Crippen LogP contribution in [-0.4, -0.2) is 37.6 Å². The Labute approximate surface area is 120 Å². The van der Waals surface area contributed by atoms with E-state index in [1.807, 2.05) is 24.3 Å². The quantitative estimate of drug-likeness (QED) is 0.788. The molecule has 0 saturated carbocycles. The van der Waals surface area contributed by atoms with E-state index in [0.29, 0.717) is 13.2 Å². The predicted molar refractivity (Wildman–Crippen MR) is 77.4 cm³/mol. The summed E-state index contributed by atoms with van der Waals surface area (Å²) in [6.45, 7) is 9.59. The first-order valence-electron chi connectivity index (χ1n) is 7.07. The fourth-order valence-corrected chi connectivity index (χ4v) is 2.16. The molecule has 2 saturated heterocycles. The zero-order valence-corrected chi connectivity index (χ0v) is 12.5. The third-order valence-corrected chi connectivity index (χ3v) is 4.32. The van der Waals surface area contributed by atoms with Crippen molar-refractivity contribution in [3.8, 4) is 5.75 Å². The van der Waals surface area contributed by atoms with Gasteiger partial charge < -0.3 is 18.8 Å². The monoisotopic (exact) mass is 276 g/mol. The fourth-order valence-electron chi connectivity index (χ4n) is 2.16. The van der Waals surface area contributed by atoms with Crippen molar-refractivity contribution >= 4 is 12.6 Å². The minimum atomic E-state index is -0.318. The molecular formula is C15H21BO4. The zero-order valence-electron chi connectivity index (χ0n) is 12.5. The van der Waals surface area contributed by atoms with Crippen molar-refractivity contribution in [1.29, 1.82) is 0 Å². The van der Waals surface area contributed by atoms with Gasteiger partial charge in [-0.15, -0.1) is 0 Å². The summed E-state index contributed by atoms with van der Waals surface area (Å²) >= 11 is 0. The third kappa shape index (κ3) is 2.46. The summed E-state index contributed by atoms with van der Waals surface area (Å²) in [5.41, 5.74) is 0.396. The first-order chi connectivity index (χ1) is 9.37.